The molecule has 1 heterocycles. The van der Waals surface area contributed by atoms with Gasteiger partial charge in [0.25, 0.3) is 0 Å². The van der Waals surface area contributed by atoms with Crippen molar-refractivity contribution in [1.29, 1.82) is 0 Å². The molecule has 0 radical (unpaired) electrons. The summed E-state index contributed by atoms with van der Waals surface area (Å²) in [6, 6.07) is 8.88. The average molecular weight is 326 g/mol. The van der Waals surface area contributed by atoms with E-state index in [9.17, 15) is 8.42 Å². The lowest BCUT2D eigenvalue weighted by atomic mass is 10.2. The van der Waals surface area contributed by atoms with E-state index in [4.69, 9.17) is 4.74 Å². The van der Waals surface area contributed by atoms with Gasteiger partial charge in [0, 0.05) is 25.7 Å². The van der Waals surface area contributed by atoms with E-state index in [0.717, 1.165) is 26.0 Å². The topological polar surface area (TPSA) is 58.6 Å². The summed E-state index contributed by atoms with van der Waals surface area (Å²) in [7, 11) is -3.35. The highest BCUT2D eigenvalue weighted by atomic mass is 32.2. The van der Waals surface area contributed by atoms with Gasteiger partial charge >= 0.3 is 0 Å². The maximum Gasteiger partial charge on any atom is 0.243 e. The highest BCUT2D eigenvalue weighted by Crippen LogP contribution is 2.20. The Labute approximate surface area is 133 Å². The highest BCUT2D eigenvalue weighted by Gasteiger charge is 2.31. The van der Waals surface area contributed by atoms with Gasteiger partial charge in [-0.25, -0.2) is 8.42 Å². The summed E-state index contributed by atoms with van der Waals surface area (Å²) in [6.45, 7) is 6.77. The van der Waals surface area contributed by atoms with Gasteiger partial charge in [0.15, 0.2) is 0 Å². The van der Waals surface area contributed by atoms with Crippen molar-refractivity contribution in [3.05, 3.63) is 30.3 Å². The molecule has 2 rings (SSSR count). The molecule has 22 heavy (non-hydrogen) atoms. The largest absolute Gasteiger partial charge is 0.379 e. The van der Waals surface area contributed by atoms with Crippen LogP contribution in [0.4, 0.5) is 0 Å². The van der Waals surface area contributed by atoms with E-state index >= 15 is 0 Å². The third kappa shape index (κ3) is 4.78. The molecule has 0 bridgehead atoms. The van der Waals surface area contributed by atoms with E-state index in [1.54, 1.807) is 28.6 Å². The predicted molar refractivity (Wildman–Crippen MR) is 87.3 cm³/mol. The molecule has 1 fully saturated rings. The van der Waals surface area contributed by atoms with Crippen molar-refractivity contribution in [2.45, 2.75) is 43.7 Å². The Morgan fingerprint density at radius 2 is 2.05 bits per heavy atom. The van der Waals surface area contributed by atoms with Gasteiger partial charge in [-0.2, -0.15) is 4.31 Å². The predicted octanol–water partition coefficient (Wildman–Crippen LogP) is 1.85. The lowest BCUT2D eigenvalue weighted by Crippen LogP contribution is -2.35. The molecule has 1 aliphatic heterocycles. The number of ether oxygens (including phenoxy) is 1. The second kappa shape index (κ2) is 8.06. The molecule has 0 aromatic heterocycles. The van der Waals surface area contributed by atoms with Crippen LogP contribution in [0.5, 0.6) is 0 Å². The molecule has 6 heteroatoms. The molecule has 1 saturated heterocycles. The molecular weight excluding hydrogens is 300 g/mol. The van der Waals surface area contributed by atoms with Crippen LogP contribution < -0.4 is 5.32 Å². The lowest BCUT2D eigenvalue weighted by Gasteiger charge is -2.17. The van der Waals surface area contributed by atoms with Crippen LogP contribution in [-0.4, -0.2) is 51.1 Å². The van der Waals surface area contributed by atoms with E-state index in [0.29, 0.717) is 18.0 Å². The molecule has 124 valence electrons. The van der Waals surface area contributed by atoms with E-state index < -0.39 is 10.0 Å². The highest BCUT2D eigenvalue weighted by molar-refractivity contribution is 7.89. The third-order valence-corrected chi connectivity index (χ3v) is 5.62. The number of sulfonamides is 1. The zero-order valence-electron chi connectivity index (χ0n) is 13.4. The van der Waals surface area contributed by atoms with Crippen LogP contribution in [-0.2, 0) is 14.8 Å². The van der Waals surface area contributed by atoms with Gasteiger partial charge in [0.2, 0.25) is 10.0 Å². The summed E-state index contributed by atoms with van der Waals surface area (Å²) in [5, 5.41) is 3.42. The molecule has 5 nitrogen and oxygen atoms in total. The Kier molecular flexibility index (Phi) is 6.37. The van der Waals surface area contributed by atoms with Crippen LogP contribution in [0.15, 0.2) is 35.2 Å². The zero-order valence-corrected chi connectivity index (χ0v) is 14.2. The summed E-state index contributed by atoms with van der Waals surface area (Å²) < 4.78 is 32.1. The van der Waals surface area contributed by atoms with E-state index in [2.05, 4.69) is 5.32 Å². The van der Waals surface area contributed by atoms with Gasteiger partial charge in [0.05, 0.1) is 11.0 Å². The molecular formula is C16H26N2O3S. The van der Waals surface area contributed by atoms with Gasteiger partial charge in [-0.15, -0.1) is 0 Å². The van der Waals surface area contributed by atoms with Crippen molar-refractivity contribution in [2.24, 2.45) is 0 Å². The maximum atomic E-state index is 12.5. The minimum Gasteiger partial charge on any atom is -0.379 e. The van der Waals surface area contributed by atoms with Crippen molar-refractivity contribution in [2.75, 3.05) is 26.2 Å². The first-order chi connectivity index (χ1) is 10.5. The smallest absolute Gasteiger partial charge is 0.243 e. The summed E-state index contributed by atoms with van der Waals surface area (Å²) in [5.41, 5.74) is 0. The molecule has 0 amide bonds. The number of rotatable bonds is 8. The summed E-state index contributed by atoms with van der Waals surface area (Å²) in [5.74, 6) is 0. The first kappa shape index (κ1) is 17.4. The molecule has 1 aromatic carbocycles. The Bertz CT molecular complexity index is 546. The number of hydrogen-bond acceptors (Lipinski definition) is 4. The molecule has 1 atom stereocenters. The SMILES string of the molecule is CC(C)OCCCNC1CCN(S(=O)(=O)c2ccccc2)C1. The molecule has 0 aliphatic carbocycles. The van der Waals surface area contributed by atoms with Crippen LogP contribution in [0.25, 0.3) is 0 Å². The summed E-state index contributed by atoms with van der Waals surface area (Å²) in [4.78, 5) is 0.376. The molecule has 1 unspecified atom stereocenters. The Morgan fingerprint density at radius 3 is 2.73 bits per heavy atom. The number of benzene rings is 1. The van der Waals surface area contributed by atoms with Crippen LogP contribution in [0.3, 0.4) is 0 Å². The fraction of sp³-hybridized carbons (Fsp3) is 0.625. The van der Waals surface area contributed by atoms with Crippen LogP contribution >= 0.6 is 0 Å². The van der Waals surface area contributed by atoms with Crippen molar-refractivity contribution >= 4 is 10.0 Å². The maximum absolute atomic E-state index is 12.5. The van der Waals surface area contributed by atoms with Gasteiger partial charge < -0.3 is 10.1 Å². The Balaban J connectivity index is 1.78. The Hall–Kier alpha value is -0.950. The monoisotopic (exact) mass is 326 g/mol. The molecule has 0 saturated carbocycles. The van der Waals surface area contributed by atoms with Crippen LogP contribution in [0.2, 0.25) is 0 Å². The van der Waals surface area contributed by atoms with Gasteiger partial charge in [-0.3, -0.25) is 0 Å². The van der Waals surface area contributed by atoms with Crippen molar-refractivity contribution in [3.8, 4) is 0 Å². The lowest BCUT2D eigenvalue weighted by molar-refractivity contribution is 0.0767. The first-order valence-electron chi connectivity index (χ1n) is 7.90. The molecule has 1 N–H and O–H groups in total. The zero-order chi connectivity index (χ0) is 16.0. The number of hydrogen-bond donors (Lipinski definition) is 1. The molecule has 0 spiro atoms. The fourth-order valence-electron chi connectivity index (χ4n) is 2.55. The van der Waals surface area contributed by atoms with E-state index in [1.807, 2.05) is 19.9 Å². The van der Waals surface area contributed by atoms with Gasteiger partial charge in [-0.05, 0) is 45.4 Å². The van der Waals surface area contributed by atoms with Gasteiger partial charge in [-0.1, -0.05) is 18.2 Å². The normalized spacial score (nSPS) is 19.9. The quantitative estimate of drug-likeness (QED) is 0.741. The minimum atomic E-state index is -3.35. The Morgan fingerprint density at radius 1 is 1.32 bits per heavy atom. The second-order valence-corrected chi connectivity index (χ2v) is 7.83. The van der Waals surface area contributed by atoms with Crippen molar-refractivity contribution in [3.63, 3.8) is 0 Å². The number of nitrogens with zero attached hydrogens (tertiary/aromatic N) is 1. The third-order valence-electron chi connectivity index (χ3n) is 3.74. The average Bonchev–Trinajstić information content (AvgIpc) is 2.97. The standard InChI is InChI=1S/C16H26N2O3S/c1-14(2)21-12-6-10-17-15-9-11-18(13-15)22(19,20)16-7-4-3-5-8-16/h3-5,7-8,14-15,17H,6,9-13H2,1-2H3. The molecule has 1 aromatic rings. The number of nitrogens with one attached hydrogen (secondary N) is 1. The van der Waals surface area contributed by atoms with Crippen LogP contribution in [0, 0.1) is 0 Å². The molecule has 1 aliphatic rings. The van der Waals surface area contributed by atoms with Crippen LogP contribution in [0.1, 0.15) is 26.7 Å². The van der Waals surface area contributed by atoms with E-state index in [-0.39, 0.29) is 12.1 Å². The second-order valence-electron chi connectivity index (χ2n) is 5.89. The van der Waals surface area contributed by atoms with E-state index in [1.165, 1.54) is 0 Å². The fourth-order valence-corrected chi connectivity index (χ4v) is 4.07. The summed E-state index contributed by atoms with van der Waals surface area (Å²) in [6.07, 6.45) is 2.06. The van der Waals surface area contributed by atoms with Gasteiger partial charge in [0.1, 0.15) is 0 Å². The minimum absolute atomic E-state index is 0.234. The van der Waals surface area contributed by atoms with Crippen molar-refractivity contribution < 1.29 is 13.2 Å². The first-order valence-corrected chi connectivity index (χ1v) is 9.34. The van der Waals surface area contributed by atoms with Crippen molar-refractivity contribution in [1.82, 2.24) is 9.62 Å². The summed E-state index contributed by atoms with van der Waals surface area (Å²) >= 11 is 0.